The predicted molar refractivity (Wildman–Crippen MR) is 126 cm³/mol. The Balaban J connectivity index is 0.000000654. The number of amidine groups is 1. The number of nitrogens with two attached hydrogens (primary N) is 2. The molecular formula is C24H30FN5O2. The van der Waals surface area contributed by atoms with Crippen LogP contribution >= 0.6 is 0 Å². The number of nitrogens with zero attached hydrogens (tertiary/aromatic N) is 2. The van der Waals surface area contributed by atoms with Crippen LogP contribution in [0.1, 0.15) is 36.5 Å². The number of aliphatic imine (C=N–C) groups is 1. The Kier molecular flexibility index (Phi) is 9.56. The van der Waals surface area contributed by atoms with Crippen molar-refractivity contribution >= 4 is 5.84 Å². The summed E-state index contributed by atoms with van der Waals surface area (Å²) in [5.41, 5.74) is 14.8. The molecule has 2 aromatic heterocycles. The highest BCUT2D eigenvalue weighted by molar-refractivity contribution is 6.00. The number of aromatic amines is 1. The van der Waals surface area contributed by atoms with Crippen LogP contribution in [0.3, 0.4) is 0 Å². The van der Waals surface area contributed by atoms with E-state index in [1.165, 1.54) is 25.0 Å². The molecule has 0 amide bonds. The Morgan fingerprint density at radius 1 is 1.25 bits per heavy atom. The minimum Gasteiger partial charge on any atom is -0.496 e. The van der Waals surface area contributed by atoms with Gasteiger partial charge in [0.15, 0.2) is 0 Å². The molecule has 0 aliphatic carbocycles. The minimum atomic E-state index is -0.406. The van der Waals surface area contributed by atoms with Crippen molar-refractivity contribution in [1.29, 1.82) is 0 Å². The van der Waals surface area contributed by atoms with Gasteiger partial charge in [-0.2, -0.15) is 0 Å². The molecule has 0 saturated heterocycles. The average molecular weight is 440 g/mol. The predicted octanol–water partition coefficient (Wildman–Crippen LogP) is 3.54. The van der Waals surface area contributed by atoms with E-state index in [9.17, 15) is 9.18 Å². The Bertz CT molecular complexity index is 1090. The first kappa shape index (κ1) is 24.7. The molecule has 2 heterocycles. The fourth-order valence-corrected chi connectivity index (χ4v) is 2.91. The molecule has 7 nitrogen and oxygen atoms in total. The fourth-order valence-electron chi connectivity index (χ4n) is 2.91. The standard InChI is InChI=1S/C20H19FN4O2.C4H11N/c1-12-16(20(22)25-10-13-5-6-23-19(26)7-13)8-14(9-18(12)27-2)17-4-3-15(21)11-24-17;1-2-3-4-5/h3-9,11H,10H2,1-2H3,(H2,22,25)(H,23,26);2-5H2,1H3. The molecule has 0 unspecified atom stereocenters. The van der Waals surface area contributed by atoms with Gasteiger partial charge in [-0.3, -0.25) is 14.8 Å². The number of benzene rings is 1. The first-order chi connectivity index (χ1) is 15.4. The first-order valence-corrected chi connectivity index (χ1v) is 10.4. The van der Waals surface area contributed by atoms with E-state index in [0.29, 0.717) is 22.8 Å². The molecule has 1 aromatic carbocycles. The number of unbranched alkanes of at least 4 members (excludes halogenated alkanes) is 1. The Morgan fingerprint density at radius 3 is 2.59 bits per heavy atom. The number of pyridine rings is 2. The SMILES string of the molecule is CCCCN.COc1cc(-c2ccc(F)cn2)cc(C(N)=NCc2cc[nH]c(=O)c2)c1C. The molecular weight excluding hydrogens is 409 g/mol. The highest BCUT2D eigenvalue weighted by atomic mass is 19.1. The summed E-state index contributed by atoms with van der Waals surface area (Å²) in [5.74, 6) is 0.537. The van der Waals surface area contributed by atoms with Crippen LogP contribution in [0.15, 0.2) is 58.6 Å². The van der Waals surface area contributed by atoms with Gasteiger partial charge in [0.2, 0.25) is 5.56 Å². The quantitative estimate of drug-likeness (QED) is 0.384. The third kappa shape index (κ3) is 7.02. The van der Waals surface area contributed by atoms with E-state index in [2.05, 4.69) is 21.9 Å². The molecule has 0 saturated carbocycles. The van der Waals surface area contributed by atoms with Crippen molar-refractivity contribution in [2.45, 2.75) is 33.2 Å². The van der Waals surface area contributed by atoms with Crippen molar-refractivity contribution < 1.29 is 9.13 Å². The number of methoxy groups -OCH3 is 1. The highest BCUT2D eigenvalue weighted by Crippen LogP contribution is 2.29. The number of rotatable bonds is 7. The largest absolute Gasteiger partial charge is 0.496 e. The Hall–Kier alpha value is -3.52. The number of ether oxygens (including phenoxy) is 1. The van der Waals surface area contributed by atoms with E-state index in [1.54, 1.807) is 25.4 Å². The number of hydrogen-bond donors (Lipinski definition) is 3. The summed E-state index contributed by atoms with van der Waals surface area (Å²) in [6.45, 7) is 5.13. The van der Waals surface area contributed by atoms with Crippen LogP contribution in [-0.2, 0) is 6.54 Å². The second-order valence-corrected chi connectivity index (χ2v) is 7.12. The summed E-state index contributed by atoms with van der Waals surface area (Å²) >= 11 is 0. The molecule has 0 bridgehead atoms. The van der Waals surface area contributed by atoms with Crippen LogP contribution in [0.25, 0.3) is 11.3 Å². The summed E-state index contributed by atoms with van der Waals surface area (Å²) < 4.78 is 18.6. The zero-order chi connectivity index (χ0) is 23.5. The van der Waals surface area contributed by atoms with Crippen LogP contribution < -0.4 is 21.8 Å². The van der Waals surface area contributed by atoms with Crippen molar-refractivity contribution in [2.75, 3.05) is 13.7 Å². The lowest BCUT2D eigenvalue weighted by atomic mass is 10.0. The second kappa shape index (κ2) is 12.4. The normalized spacial score (nSPS) is 11.0. The van der Waals surface area contributed by atoms with Gasteiger partial charge in [-0.25, -0.2) is 4.39 Å². The molecule has 0 radical (unpaired) electrons. The van der Waals surface area contributed by atoms with Gasteiger partial charge >= 0.3 is 0 Å². The Morgan fingerprint density at radius 2 is 2.03 bits per heavy atom. The number of H-pyrrole nitrogens is 1. The maximum atomic E-state index is 13.2. The maximum absolute atomic E-state index is 13.2. The Labute approximate surface area is 187 Å². The maximum Gasteiger partial charge on any atom is 0.248 e. The third-order valence-electron chi connectivity index (χ3n) is 4.71. The molecule has 3 aromatic rings. The van der Waals surface area contributed by atoms with Gasteiger partial charge in [-0.05, 0) is 55.8 Å². The van der Waals surface area contributed by atoms with Crippen LogP contribution in [-0.4, -0.2) is 29.5 Å². The number of aromatic nitrogens is 2. The van der Waals surface area contributed by atoms with Crippen molar-refractivity contribution in [2.24, 2.45) is 16.5 Å². The summed E-state index contributed by atoms with van der Waals surface area (Å²) in [4.78, 5) is 22.4. The summed E-state index contributed by atoms with van der Waals surface area (Å²) in [5, 5.41) is 0. The molecule has 5 N–H and O–H groups in total. The molecule has 0 fully saturated rings. The van der Waals surface area contributed by atoms with E-state index < -0.39 is 5.82 Å². The smallest absolute Gasteiger partial charge is 0.248 e. The van der Waals surface area contributed by atoms with Crippen molar-refractivity contribution in [1.82, 2.24) is 9.97 Å². The zero-order valence-electron chi connectivity index (χ0n) is 18.7. The molecule has 0 aliphatic rings. The zero-order valence-corrected chi connectivity index (χ0v) is 18.7. The molecule has 3 rings (SSSR count). The fraction of sp³-hybridized carbons (Fsp3) is 0.292. The molecule has 0 aliphatic heterocycles. The van der Waals surface area contributed by atoms with Gasteiger partial charge in [0.05, 0.1) is 25.5 Å². The second-order valence-electron chi connectivity index (χ2n) is 7.12. The van der Waals surface area contributed by atoms with Crippen molar-refractivity contribution in [3.8, 4) is 17.0 Å². The van der Waals surface area contributed by atoms with Gasteiger partial charge in [-0.15, -0.1) is 0 Å². The van der Waals surface area contributed by atoms with Gasteiger partial charge in [0.25, 0.3) is 0 Å². The number of nitrogens with one attached hydrogen (secondary N) is 1. The highest BCUT2D eigenvalue weighted by Gasteiger charge is 2.13. The van der Waals surface area contributed by atoms with Gasteiger partial charge < -0.3 is 21.2 Å². The number of halogens is 1. The average Bonchev–Trinajstić information content (AvgIpc) is 2.79. The third-order valence-corrected chi connectivity index (χ3v) is 4.71. The van der Waals surface area contributed by atoms with Crippen LogP contribution in [0.5, 0.6) is 5.75 Å². The van der Waals surface area contributed by atoms with Crippen LogP contribution in [0, 0.1) is 12.7 Å². The van der Waals surface area contributed by atoms with Crippen LogP contribution in [0.2, 0.25) is 0 Å². The van der Waals surface area contributed by atoms with Crippen molar-refractivity contribution in [3.63, 3.8) is 0 Å². The first-order valence-electron chi connectivity index (χ1n) is 10.4. The number of hydrogen-bond acceptors (Lipinski definition) is 5. The summed E-state index contributed by atoms with van der Waals surface area (Å²) in [6, 6.07) is 9.84. The van der Waals surface area contributed by atoms with E-state index in [4.69, 9.17) is 16.2 Å². The molecule has 170 valence electrons. The van der Waals surface area contributed by atoms with E-state index >= 15 is 0 Å². The lowest BCUT2D eigenvalue weighted by molar-refractivity contribution is 0.412. The van der Waals surface area contributed by atoms with Crippen molar-refractivity contribution in [3.05, 3.63) is 81.7 Å². The molecule has 8 heteroatoms. The monoisotopic (exact) mass is 439 g/mol. The molecule has 32 heavy (non-hydrogen) atoms. The lowest BCUT2D eigenvalue weighted by Crippen LogP contribution is -2.16. The summed E-state index contributed by atoms with van der Waals surface area (Å²) in [6.07, 6.45) is 5.11. The van der Waals surface area contributed by atoms with E-state index in [-0.39, 0.29) is 12.1 Å². The van der Waals surface area contributed by atoms with E-state index in [0.717, 1.165) is 29.4 Å². The minimum absolute atomic E-state index is 0.191. The molecule has 0 spiro atoms. The molecule has 0 atom stereocenters. The van der Waals surface area contributed by atoms with Gasteiger partial charge in [0.1, 0.15) is 17.4 Å². The lowest BCUT2D eigenvalue weighted by Gasteiger charge is -2.13. The van der Waals surface area contributed by atoms with E-state index in [1.807, 2.05) is 19.1 Å². The summed E-state index contributed by atoms with van der Waals surface area (Å²) in [7, 11) is 1.57. The topological polar surface area (TPSA) is 119 Å². The van der Waals surface area contributed by atoms with Gasteiger partial charge in [-0.1, -0.05) is 13.3 Å². The van der Waals surface area contributed by atoms with Gasteiger partial charge in [0, 0.05) is 29.0 Å². The van der Waals surface area contributed by atoms with Crippen LogP contribution in [0.4, 0.5) is 4.39 Å².